The Kier molecular flexibility index (Phi) is 3.47. The van der Waals surface area contributed by atoms with Crippen LogP contribution in [0.1, 0.15) is 35.4 Å². The van der Waals surface area contributed by atoms with Gasteiger partial charge in [-0.25, -0.2) is 4.98 Å². The minimum Gasteiger partial charge on any atom is -0.382 e. The summed E-state index contributed by atoms with van der Waals surface area (Å²) in [6.07, 6.45) is 3.56. The molecule has 1 aliphatic heterocycles. The summed E-state index contributed by atoms with van der Waals surface area (Å²) < 4.78 is 0. The van der Waals surface area contributed by atoms with Gasteiger partial charge in [-0.15, -0.1) is 0 Å². The van der Waals surface area contributed by atoms with E-state index in [-0.39, 0.29) is 23.7 Å². The van der Waals surface area contributed by atoms with Crippen LogP contribution >= 0.6 is 11.3 Å². The first-order chi connectivity index (χ1) is 9.61. The Morgan fingerprint density at radius 1 is 1.45 bits per heavy atom. The van der Waals surface area contributed by atoms with Gasteiger partial charge in [0.05, 0.1) is 0 Å². The van der Waals surface area contributed by atoms with Gasteiger partial charge in [-0.3, -0.25) is 9.59 Å². The Morgan fingerprint density at radius 2 is 2.25 bits per heavy atom. The molecule has 8 heteroatoms. The van der Waals surface area contributed by atoms with Crippen molar-refractivity contribution < 1.29 is 9.59 Å². The number of rotatable bonds is 5. The van der Waals surface area contributed by atoms with Crippen molar-refractivity contribution in [1.82, 2.24) is 15.6 Å². The van der Waals surface area contributed by atoms with Gasteiger partial charge in [0.2, 0.25) is 5.91 Å². The fourth-order valence-electron chi connectivity index (χ4n) is 2.09. The second kappa shape index (κ2) is 5.28. The molecular formula is C12H17N5O2S. The summed E-state index contributed by atoms with van der Waals surface area (Å²) in [6.45, 7) is 0.424. The molecule has 7 nitrogen and oxygen atoms in total. The predicted octanol–water partition coefficient (Wildman–Crippen LogP) is 0.308. The molecular weight excluding hydrogens is 278 g/mol. The Balaban J connectivity index is 1.55. The summed E-state index contributed by atoms with van der Waals surface area (Å²) >= 11 is 1.27. The van der Waals surface area contributed by atoms with E-state index in [9.17, 15) is 9.59 Å². The van der Waals surface area contributed by atoms with E-state index in [1.165, 1.54) is 11.3 Å². The van der Waals surface area contributed by atoms with Crippen molar-refractivity contribution >= 4 is 34.1 Å². The van der Waals surface area contributed by atoms with Gasteiger partial charge in [-0.2, -0.15) is 0 Å². The molecule has 2 fully saturated rings. The number of carbonyl (C=O) groups is 2. The Hall–Kier alpha value is -1.83. The van der Waals surface area contributed by atoms with Crippen molar-refractivity contribution in [2.45, 2.75) is 37.8 Å². The molecule has 1 aliphatic carbocycles. The maximum Gasteiger partial charge on any atom is 0.265 e. The predicted molar refractivity (Wildman–Crippen MR) is 76.7 cm³/mol. The Morgan fingerprint density at radius 3 is 2.90 bits per heavy atom. The molecule has 108 valence electrons. The molecule has 5 N–H and O–H groups in total. The Labute approximate surface area is 120 Å². The van der Waals surface area contributed by atoms with Crippen molar-refractivity contribution in [1.29, 1.82) is 0 Å². The van der Waals surface area contributed by atoms with Crippen LogP contribution in [0, 0.1) is 0 Å². The van der Waals surface area contributed by atoms with E-state index < -0.39 is 0 Å². The second-order valence-corrected chi connectivity index (χ2v) is 6.16. The number of anilines is 2. The van der Waals surface area contributed by atoms with Crippen LogP contribution in [0.2, 0.25) is 0 Å². The standard InChI is InChI=1S/C12H17N5O2S/c13-10-9(20-12(17-10)16-6-1-2-6)11(19)14-5-7-3-4-8(18)15-7/h6-7H,1-5,13H2,(H,14,19)(H,15,18)(H,16,17). The van der Waals surface area contributed by atoms with E-state index in [1.807, 2.05) is 0 Å². The van der Waals surface area contributed by atoms with Crippen LogP contribution in [0.4, 0.5) is 10.9 Å². The molecule has 1 saturated carbocycles. The number of hydrogen-bond acceptors (Lipinski definition) is 6. The zero-order chi connectivity index (χ0) is 14.1. The smallest absolute Gasteiger partial charge is 0.265 e. The third-order valence-electron chi connectivity index (χ3n) is 3.36. The van der Waals surface area contributed by atoms with Gasteiger partial charge in [0.25, 0.3) is 5.91 Å². The molecule has 2 aliphatic rings. The lowest BCUT2D eigenvalue weighted by Crippen LogP contribution is -2.38. The van der Waals surface area contributed by atoms with Crippen LogP contribution in [0.25, 0.3) is 0 Å². The SMILES string of the molecule is Nc1nc(NC2CC2)sc1C(=O)NCC1CCC(=O)N1. The molecule has 1 unspecified atom stereocenters. The summed E-state index contributed by atoms with van der Waals surface area (Å²) in [5.74, 6) is 0.0635. The Bertz CT molecular complexity index is 540. The molecule has 0 radical (unpaired) electrons. The van der Waals surface area contributed by atoms with Gasteiger partial charge in [0.1, 0.15) is 10.7 Å². The lowest BCUT2D eigenvalue weighted by Gasteiger charge is -2.10. The fourth-order valence-corrected chi connectivity index (χ4v) is 2.96. The average molecular weight is 295 g/mol. The molecule has 2 amide bonds. The molecule has 0 bridgehead atoms. The molecule has 0 spiro atoms. The summed E-state index contributed by atoms with van der Waals surface area (Å²) in [7, 11) is 0. The van der Waals surface area contributed by atoms with E-state index in [4.69, 9.17) is 5.73 Å². The van der Waals surface area contributed by atoms with Crippen LogP contribution in [-0.4, -0.2) is 35.4 Å². The number of nitrogen functional groups attached to an aromatic ring is 1. The molecule has 2 heterocycles. The van der Waals surface area contributed by atoms with Crippen LogP contribution in [0.15, 0.2) is 0 Å². The lowest BCUT2D eigenvalue weighted by atomic mass is 10.2. The van der Waals surface area contributed by atoms with Crippen LogP contribution < -0.4 is 21.7 Å². The summed E-state index contributed by atoms with van der Waals surface area (Å²) in [5.41, 5.74) is 5.77. The van der Waals surface area contributed by atoms with Gasteiger partial charge in [-0.1, -0.05) is 11.3 Å². The first-order valence-electron chi connectivity index (χ1n) is 6.72. The maximum atomic E-state index is 12.1. The highest BCUT2D eigenvalue weighted by atomic mass is 32.1. The normalized spacial score (nSPS) is 21.6. The molecule has 1 atom stereocenters. The number of carbonyl (C=O) groups excluding carboxylic acids is 2. The first-order valence-corrected chi connectivity index (χ1v) is 7.54. The van der Waals surface area contributed by atoms with Crippen molar-refractivity contribution in [2.75, 3.05) is 17.6 Å². The monoisotopic (exact) mass is 295 g/mol. The third kappa shape index (κ3) is 3.01. The highest BCUT2D eigenvalue weighted by Crippen LogP contribution is 2.30. The topological polar surface area (TPSA) is 109 Å². The number of aromatic nitrogens is 1. The molecule has 0 aromatic carbocycles. The van der Waals surface area contributed by atoms with E-state index in [1.54, 1.807) is 0 Å². The molecule has 1 saturated heterocycles. The van der Waals surface area contributed by atoms with Crippen LogP contribution in [0.5, 0.6) is 0 Å². The number of hydrogen-bond donors (Lipinski definition) is 4. The average Bonchev–Trinajstić information content (AvgIpc) is 3.00. The van der Waals surface area contributed by atoms with E-state index in [0.29, 0.717) is 29.0 Å². The lowest BCUT2D eigenvalue weighted by molar-refractivity contribution is -0.119. The van der Waals surface area contributed by atoms with Gasteiger partial charge in [-0.05, 0) is 19.3 Å². The van der Waals surface area contributed by atoms with E-state index >= 15 is 0 Å². The maximum absolute atomic E-state index is 12.1. The number of thiazole rings is 1. The van der Waals surface area contributed by atoms with Gasteiger partial charge in [0, 0.05) is 25.0 Å². The molecule has 3 rings (SSSR count). The van der Waals surface area contributed by atoms with Crippen LogP contribution in [-0.2, 0) is 4.79 Å². The fraction of sp³-hybridized carbons (Fsp3) is 0.583. The van der Waals surface area contributed by atoms with Gasteiger partial charge >= 0.3 is 0 Å². The number of nitrogens with zero attached hydrogens (tertiary/aromatic N) is 1. The van der Waals surface area contributed by atoms with Crippen molar-refractivity contribution in [3.05, 3.63) is 4.88 Å². The first kappa shape index (κ1) is 13.2. The number of nitrogens with one attached hydrogen (secondary N) is 3. The minimum atomic E-state index is -0.231. The zero-order valence-corrected chi connectivity index (χ0v) is 11.8. The quantitative estimate of drug-likeness (QED) is 0.625. The van der Waals surface area contributed by atoms with E-state index in [2.05, 4.69) is 20.9 Å². The largest absolute Gasteiger partial charge is 0.382 e. The van der Waals surface area contributed by atoms with E-state index in [0.717, 1.165) is 19.3 Å². The van der Waals surface area contributed by atoms with Gasteiger partial charge < -0.3 is 21.7 Å². The summed E-state index contributed by atoms with van der Waals surface area (Å²) in [6, 6.07) is 0.495. The minimum absolute atomic E-state index is 0.0182. The number of amides is 2. The van der Waals surface area contributed by atoms with Crippen molar-refractivity contribution in [2.24, 2.45) is 0 Å². The second-order valence-electron chi connectivity index (χ2n) is 5.17. The zero-order valence-electron chi connectivity index (χ0n) is 10.9. The molecule has 1 aromatic rings. The van der Waals surface area contributed by atoms with Crippen LogP contribution in [0.3, 0.4) is 0 Å². The molecule has 1 aromatic heterocycles. The summed E-state index contributed by atoms with van der Waals surface area (Å²) in [4.78, 5) is 27.7. The molecule has 20 heavy (non-hydrogen) atoms. The highest BCUT2D eigenvalue weighted by molar-refractivity contribution is 7.18. The van der Waals surface area contributed by atoms with Crippen molar-refractivity contribution in [3.8, 4) is 0 Å². The number of nitrogens with two attached hydrogens (primary N) is 1. The highest BCUT2D eigenvalue weighted by Gasteiger charge is 2.25. The third-order valence-corrected chi connectivity index (χ3v) is 4.36. The summed E-state index contributed by atoms with van der Waals surface area (Å²) in [5, 5.41) is 9.52. The van der Waals surface area contributed by atoms with Gasteiger partial charge in [0.15, 0.2) is 5.13 Å². The van der Waals surface area contributed by atoms with Crippen molar-refractivity contribution in [3.63, 3.8) is 0 Å².